The Morgan fingerprint density at radius 3 is 2.37 bits per heavy atom. The maximum atomic E-state index is 14.1. The molecule has 1 atom stereocenters. The lowest BCUT2D eigenvalue weighted by molar-refractivity contribution is 0.0897. The van der Waals surface area contributed by atoms with Gasteiger partial charge in [-0.2, -0.15) is 0 Å². The molecule has 4 heteroatoms. The molecule has 0 spiro atoms. The molecular weight excluding hydrogens is 241 g/mol. The van der Waals surface area contributed by atoms with E-state index in [0.29, 0.717) is 5.56 Å². The van der Waals surface area contributed by atoms with Gasteiger partial charge in [0.2, 0.25) is 0 Å². The summed E-state index contributed by atoms with van der Waals surface area (Å²) in [4.78, 5) is 2.28. The first-order valence-corrected chi connectivity index (χ1v) is 6.85. The summed E-state index contributed by atoms with van der Waals surface area (Å²) in [6.07, 6.45) is 0. The van der Waals surface area contributed by atoms with Crippen molar-refractivity contribution >= 4 is 0 Å². The van der Waals surface area contributed by atoms with Crippen LogP contribution >= 0.6 is 0 Å². The monoisotopic (exact) mass is 267 g/mol. The van der Waals surface area contributed by atoms with E-state index in [1.54, 1.807) is 6.07 Å². The normalized spacial score (nSPS) is 13.9. The molecule has 0 aliphatic heterocycles. The van der Waals surface area contributed by atoms with E-state index in [2.05, 4.69) is 38.0 Å². The Hall–Kier alpha value is -0.970. The van der Waals surface area contributed by atoms with Crippen molar-refractivity contribution in [2.75, 3.05) is 13.1 Å². The Morgan fingerprint density at radius 2 is 1.89 bits per heavy atom. The molecular formula is C15H26FN3. The summed E-state index contributed by atoms with van der Waals surface area (Å²) in [6.45, 7) is 12.1. The first kappa shape index (κ1) is 16.1. The largest absolute Gasteiger partial charge is 0.297 e. The Bertz CT molecular complexity index is 414. The summed E-state index contributed by atoms with van der Waals surface area (Å²) in [5.74, 6) is 5.50. The summed E-state index contributed by atoms with van der Waals surface area (Å²) in [7, 11) is 0. The summed E-state index contributed by atoms with van der Waals surface area (Å²) in [5.41, 5.74) is 4.18. The van der Waals surface area contributed by atoms with Crippen LogP contribution in [0.5, 0.6) is 0 Å². The van der Waals surface area contributed by atoms with Crippen LogP contribution in [0.25, 0.3) is 0 Å². The van der Waals surface area contributed by atoms with Gasteiger partial charge in [-0.15, -0.1) is 0 Å². The third kappa shape index (κ3) is 3.32. The molecule has 0 fully saturated rings. The Labute approximate surface area is 116 Å². The van der Waals surface area contributed by atoms with Gasteiger partial charge >= 0.3 is 0 Å². The predicted molar refractivity (Wildman–Crippen MR) is 78.2 cm³/mol. The van der Waals surface area contributed by atoms with E-state index in [1.165, 1.54) is 6.07 Å². The van der Waals surface area contributed by atoms with E-state index in [0.717, 1.165) is 18.7 Å². The van der Waals surface area contributed by atoms with Crippen molar-refractivity contribution in [2.24, 2.45) is 5.84 Å². The van der Waals surface area contributed by atoms with Crippen molar-refractivity contribution in [1.29, 1.82) is 0 Å². The van der Waals surface area contributed by atoms with Crippen LogP contribution in [0.1, 0.15) is 44.9 Å². The minimum Gasteiger partial charge on any atom is -0.297 e. The molecule has 1 rings (SSSR count). The molecule has 19 heavy (non-hydrogen) atoms. The molecule has 1 aromatic carbocycles. The fraction of sp³-hybridized carbons (Fsp3) is 0.600. The molecule has 3 N–H and O–H groups in total. The number of likely N-dealkylation sites (N-methyl/N-ethyl adjacent to an activating group) is 1. The zero-order chi connectivity index (χ0) is 14.6. The minimum absolute atomic E-state index is 0.214. The van der Waals surface area contributed by atoms with Gasteiger partial charge in [0.25, 0.3) is 0 Å². The number of nitrogens with two attached hydrogens (primary N) is 1. The molecule has 3 nitrogen and oxygen atoms in total. The topological polar surface area (TPSA) is 41.3 Å². The van der Waals surface area contributed by atoms with Crippen LogP contribution in [0, 0.1) is 12.7 Å². The molecule has 0 aliphatic rings. The lowest BCUT2D eigenvalue weighted by Gasteiger charge is -2.43. The molecule has 0 bridgehead atoms. The Morgan fingerprint density at radius 1 is 1.32 bits per heavy atom. The van der Waals surface area contributed by atoms with E-state index in [-0.39, 0.29) is 17.4 Å². The summed E-state index contributed by atoms with van der Waals surface area (Å²) in [5, 5.41) is 0. The van der Waals surface area contributed by atoms with E-state index in [9.17, 15) is 4.39 Å². The zero-order valence-corrected chi connectivity index (χ0v) is 12.6. The summed E-state index contributed by atoms with van der Waals surface area (Å²) >= 11 is 0. The highest BCUT2D eigenvalue weighted by atomic mass is 19.1. The highest BCUT2D eigenvalue weighted by Gasteiger charge is 2.35. The van der Waals surface area contributed by atoms with E-state index >= 15 is 0 Å². The highest BCUT2D eigenvalue weighted by molar-refractivity contribution is 5.29. The zero-order valence-electron chi connectivity index (χ0n) is 12.6. The number of rotatable bonds is 6. The molecule has 1 aromatic rings. The number of benzene rings is 1. The molecule has 0 heterocycles. The fourth-order valence-electron chi connectivity index (χ4n) is 2.78. The van der Waals surface area contributed by atoms with Crippen molar-refractivity contribution in [2.45, 2.75) is 46.2 Å². The molecule has 0 amide bonds. The maximum absolute atomic E-state index is 14.1. The van der Waals surface area contributed by atoms with Crippen molar-refractivity contribution in [1.82, 2.24) is 10.3 Å². The van der Waals surface area contributed by atoms with Crippen molar-refractivity contribution in [3.05, 3.63) is 35.1 Å². The number of halogens is 1. The van der Waals surface area contributed by atoms with Crippen LogP contribution in [-0.4, -0.2) is 23.5 Å². The number of nitrogens with one attached hydrogen (secondary N) is 1. The SMILES string of the molecule is CCN(CC)C(C)(C)C(NN)c1cc(C)ccc1F. The molecule has 0 aliphatic carbocycles. The minimum atomic E-state index is -0.271. The molecule has 0 saturated heterocycles. The number of aryl methyl sites for hydroxylation is 1. The molecule has 0 saturated carbocycles. The smallest absolute Gasteiger partial charge is 0.128 e. The second-order valence-corrected chi connectivity index (χ2v) is 5.45. The van der Waals surface area contributed by atoms with Crippen molar-refractivity contribution in [3.8, 4) is 0 Å². The number of hydrogen-bond donors (Lipinski definition) is 2. The third-order valence-electron chi connectivity index (χ3n) is 3.91. The molecule has 108 valence electrons. The van der Waals surface area contributed by atoms with E-state index < -0.39 is 0 Å². The highest BCUT2D eigenvalue weighted by Crippen LogP contribution is 2.32. The van der Waals surface area contributed by atoms with Gasteiger partial charge in [-0.3, -0.25) is 16.2 Å². The number of hydrazine groups is 1. The van der Waals surface area contributed by atoms with Gasteiger partial charge in [-0.1, -0.05) is 31.5 Å². The van der Waals surface area contributed by atoms with Gasteiger partial charge in [0, 0.05) is 11.1 Å². The van der Waals surface area contributed by atoms with Gasteiger partial charge in [-0.25, -0.2) is 4.39 Å². The van der Waals surface area contributed by atoms with Gasteiger partial charge in [0.05, 0.1) is 6.04 Å². The van der Waals surface area contributed by atoms with Gasteiger partial charge in [0.1, 0.15) is 5.82 Å². The lowest BCUT2D eigenvalue weighted by atomic mass is 9.86. The lowest BCUT2D eigenvalue weighted by Crippen LogP contribution is -2.54. The van der Waals surface area contributed by atoms with Crippen LogP contribution in [0.4, 0.5) is 4.39 Å². The van der Waals surface area contributed by atoms with Crippen LogP contribution in [0.2, 0.25) is 0 Å². The maximum Gasteiger partial charge on any atom is 0.128 e. The van der Waals surface area contributed by atoms with Gasteiger partial charge in [-0.05, 0) is 39.9 Å². The average Bonchev–Trinajstić information content (AvgIpc) is 2.35. The van der Waals surface area contributed by atoms with Crippen molar-refractivity contribution in [3.63, 3.8) is 0 Å². The van der Waals surface area contributed by atoms with Gasteiger partial charge in [0.15, 0.2) is 0 Å². The third-order valence-corrected chi connectivity index (χ3v) is 3.91. The van der Waals surface area contributed by atoms with E-state index in [1.807, 2.05) is 13.0 Å². The van der Waals surface area contributed by atoms with Crippen molar-refractivity contribution < 1.29 is 4.39 Å². The van der Waals surface area contributed by atoms with E-state index in [4.69, 9.17) is 5.84 Å². The quantitative estimate of drug-likeness (QED) is 0.615. The summed E-state index contributed by atoms with van der Waals surface area (Å²) in [6, 6.07) is 4.89. The summed E-state index contributed by atoms with van der Waals surface area (Å²) < 4.78 is 14.1. The van der Waals surface area contributed by atoms with Crippen LogP contribution < -0.4 is 11.3 Å². The standard InChI is InChI=1S/C15H26FN3/c1-6-19(7-2)15(4,5)14(18-17)12-10-11(3)8-9-13(12)16/h8-10,14,18H,6-7,17H2,1-5H3. The number of nitrogens with zero attached hydrogens (tertiary/aromatic N) is 1. The number of hydrogen-bond acceptors (Lipinski definition) is 3. The second kappa shape index (κ2) is 6.46. The fourth-order valence-corrected chi connectivity index (χ4v) is 2.78. The first-order valence-electron chi connectivity index (χ1n) is 6.85. The van der Waals surface area contributed by atoms with Gasteiger partial charge < -0.3 is 0 Å². The molecule has 1 unspecified atom stereocenters. The van der Waals surface area contributed by atoms with Crippen LogP contribution in [0.15, 0.2) is 18.2 Å². The van der Waals surface area contributed by atoms with Crippen LogP contribution in [0.3, 0.4) is 0 Å². The van der Waals surface area contributed by atoms with Crippen LogP contribution in [-0.2, 0) is 0 Å². The molecule has 0 aromatic heterocycles. The Balaban J connectivity index is 3.22. The average molecular weight is 267 g/mol. The first-order chi connectivity index (χ1) is 8.88. The second-order valence-electron chi connectivity index (χ2n) is 5.45. The Kier molecular flexibility index (Phi) is 5.47. The predicted octanol–water partition coefficient (Wildman–Crippen LogP) is 2.76. The molecule has 0 radical (unpaired) electrons.